The molecule has 2 fully saturated rings. The molecule has 7 heteroatoms. The summed E-state index contributed by atoms with van der Waals surface area (Å²) >= 11 is 0. The predicted octanol–water partition coefficient (Wildman–Crippen LogP) is 1.27. The van der Waals surface area contributed by atoms with Crippen LogP contribution in [0.1, 0.15) is 20.3 Å². The molecule has 1 atom stereocenters. The van der Waals surface area contributed by atoms with Gasteiger partial charge in [0.1, 0.15) is 0 Å². The van der Waals surface area contributed by atoms with Crippen LogP contribution in [0.25, 0.3) is 0 Å². The first-order valence-corrected chi connectivity index (χ1v) is 9.07. The van der Waals surface area contributed by atoms with Gasteiger partial charge in [-0.25, -0.2) is 0 Å². The maximum absolute atomic E-state index is 12.3. The Bertz CT molecular complexity index is 681. The van der Waals surface area contributed by atoms with Crippen LogP contribution < -0.4 is 9.80 Å². The average Bonchev–Trinajstić information content (AvgIpc) is 3.04. The van der Waals surface area contributed by atoms with Crippen LogP contribution >= 0.6 is 0 Å². The van der Waals surface area contributed by atoms with Crippen molar-refractivity contribution in [3.05, 3.63) is 24.3 Å². The molecule has 2 aliphatic rings. The molecule has 1 aromatic rings. The second kappa shape index (κ2) is 7.76. The Kier molecular flexibility index (Phi) is 5.44. The number of anilines is 2. The molecule has 0 radical (unpaired) electrons. The van der Waals surface area contributed by atoms with Gasteiger partial charge in [-0.05, 0) is 31.2 Å². The van der Waals surface area contributed by atoms with Crippen molar-refractivity contribution in [2.45, 2.75) is 20.3 Å². The fraction of sp³-hybridized carbons (Fsp3) is 0.526. The first kappa shape index (κ1) is 18.2. The zero-order valence-corrected chi connectivity index (χ0v) is 15.3. The van der Waals surface area contributed by atoms with E-state index in [0.717, 1.165) is 37.6 Å². The molecule has 7 nitrogen and oxygen atoms in total. The van der Waals surface area contributed by atoms with Crippen molar-refractivity contribution < 1.29 is 19.1 Å². The number of ether oxygens (including phenoxy) is 1. The molecule has 2 aliphatic heterocycles. The Labute approximate surface area is 153 Å². The summed E-state index contributed by atoms with van der Waals surface area (Å²) in [5.41, 5.74) is 1.87. The highest BCUT2D eigenvalue weighted by Crippen LogP contribution is 2.28. The molecular formula is C19H25N3O4. The van der Waals surface area contributed by atoms with Crippen LogP contribution in [0.15, 0.2) is 24.3 Å². The van der Waals surface area contributed by atoms with E-state index in [2.05, 4.69) is 4.90 Å². The summed E-state index contributed by atoms with van der Waals surface area (Å²) in [6.45, 7) is 7.11. The van der Waals surface area contributed by atoms with Crippen molar-refractivity contribution in [1.82, 2.24) is 4.90 Å². The summed E-state index contributed by atoms with van der Waals surface area (Å²) in [6.07, 6.45) is 0.202. The van der Waals surface area contributed by atoms with Gasteiger partial charge in [0.15, 0.2) is 0 Å². The fourth-order valence-electron chi connectivity index (χ4n) is 3.50. The summed E-state index contributed by atoms with van der Waals surface area (Å²) < 4.78 is 5.03. The zero-order chi connectivity index (χ0) is 18.7. The topological polar surface area (TPSA) is 70.2 Å². The van der Waals surface area contributed by atoms with Crippen LogP contribution in [0, 0.1) is 5.92 Å². The van der Waals surface area contributed by atoms with E-state index in [9.17, 15) is 14.4 Å². The van der Waals surface area contributed by atoms with Crippen molar-refractivity contribution >= 4 is 29.2 Å². The number of benzene rings is 1. The van der Waals surface area contributed by atoms with Gasteiger partial charge in [0.05, 0.1) is 12.5 Å². The normalized spacial score (nSPS) is 20.5. The van der Waals surface area contributed by atoms with E-state index >= 15 is 0 Å². The monoisotopic (exact) mass is 359 g/mol. The lowest BCUT2D eigenvalue weighted by Crippen LogP contribution is -2.48. The van der Waals surface area contributed by atoms with Gasteiger partial charge in [-0.1, -0.05) is 0 Å². The van der Waals surface area contributed by atoms with Crippen molar-refractivity contribution in [2.24, 2.45) is 5.92 Å². The highest BCUT2D eigenvalue weighted by atomic mass is 16.5. The number of piperazine rings is 1. The lowest BCUT2D eigenvalue weighted by molar-refractivity contribution is -0.147. The number of amides is 2. The smallest absolute Gasteiger partial charge is 0.311 e. The van der Waals surface area contributed by atoms with Crippen LogP contribution in [0.3, 0.4) is 0 Å². The Morgan fingerprint density at radius 2 is 1.69 bits per heavy atom. The molecule has 0 bridgehead atoms. The SMILES string of the molecule is CCOC(=O)C1CC(=O)N(c2ccc(N3CCN(C(C)=O)CC3)cc2)C1. The average molecular weight is 359 g/mol. The molecule has 0 aliphatic carbocycles. The minimum Gasteiger partial charge on any atom is -0.466 e. The van der Waals surface area contributed by atoms with Crippen LogP contribution in [0.5, 0.6) is 0 Å². The van der Waals surface area contributed by atoms with E-state index in [4.69, 9.17) is 4.74 Å². The summed E-state index contributed by atoms with van der Waals surface area (Å²) in [5, 5.41) is 0. The van der Waals surface area contributed by atoms with Gasteiger partial charge in [-0.2, -0.15) is 0 Å². The molecule has 1 unspecified atom stereocenters. The van der Waals surface area contributed by atoms with Gasteiger partial charge in [-0.15, -0.1) is 0 Å². The molecule has 0 saturated carbocycles. The third-order valence-electron chi connectivity index (χ3n) is 5.00. The molecule has 0 N–H and O–H groups in total. The number of carbonyl (C=O) groups is 3. The molecular weight excluding hydrogens is 334 g/mol. The van der Waals surface area contributed by atoms with Crippen LogP contribution in [-0.2, 0) is 19.1 Å². The van der Waals surface area contributed by atoms with Gasteiger partial charge < -0.3 is 19.4 Å². The van der Waals surface area contributed by atoms with E-state index in [1.54, 1.807) is 18.7 Å². The van der Waals surface area contributed by atoms with Gasteiger partial charge in [0.2, 0.25) is 11.8 Å². The number of nitrogens with zero attached hydrogens (tertiary/aromatic N) is 3. The number of hydrogen-bond acceptors (Lipinski definition) is 5. The van der Waals surface area contributed by atoms with E-state index in [0.29, 0.717) is 13.2 Å². The Balaban J connectivity index is 1.62. The Hall–Kier alpha value is -2.57. The quantitative estimate of drug-likeness (QED) is 0.757. The number of rotatable bonds is 4. The molecule has 2 amide bonds. The van der Waals surface area contributed by atoms with Gasteiger partial charge >= 0.3 is 5.97 Å². The van der Waals surface area contributed by atoms with Crippen LogP contribution in [0.4, 0.5) is 11.4 Å². The third-order valence-corrected chi connectivity index (χ3v) is 5.00. The third kappa shape index (κ3) is 3.81. The Morgan fingerprint density at radius 3 is 2.27 bits per heavy atom. The number of carbonyl (C=O) groups excluding carboxylic acids is 3. The van der Waals surface area contributed by atoms with E-state index < -0.39 is 0 Å². The predicted molar refractivity (Wildman–Crippen MR) is 98.0 cm³/mol. The number of esters is 1. The molecule has 0 aromatic heterocycles. The fourth-order valence-corrected chi connectivity index (χ4v) is 3.50. The molecule has 3 rings (SSSR count). The Morgan fingerprint density at radius 1 is 1.08 bits per heavy atom. The van der Waals surface area contributed by atoms with Crippen molar-refractivity contribution in [3.8, 4) is 0 Å². The standard InChI is InChI=1S/C19H25N3O4/c1-3-26-19(25)15-12-18(24)22(13-15)17-6-4-16(5-7-17)21-10-8-20(9-11-21)14(2)23/h4-7,15H,3,8-13H2,1-2H3. The van der Waals surface area contributed by atoms with Crippen molar-refractivity contribution in [2.75, 3.05) is 49.1 Å². The first-order chi connectivity index (χ1) is 12.5. The van der Waals surface area contributed by atoms with E-state index in [1.807, 2.05) is 29.2 Å². The summed E-state index contributed by atoms with van der Waals surface area (Å²) in [6, 6.07) is 7.81. The second-order valence-electron chi connectivity index (χ2n) is 6.67. The minimum absolute atomic E-state index is 0.0501. The summed E-state index contributed by atoms with van der Waals surface area (Å²) in [5.74, 6) is -0.625. The van der Waals surface area contributed by atoms with Crippen molar-refractivity contribution in [3.63, 3.8) is 0 Å². The first-order valence-electron chi connectivity index (χ1n) is 9.07. The highest BCUT2D eigenvalue weighted by molar-refractivity contribution is 5.99. The number of hydrogen-bond donors (Lipinski definition) is 0. The largest absolute Gasteiger partial charge is 0.466 e. The lowest BCUT2D eigenvalue weighted by Gasteiger charge is -2.35. The zero-order valence-electron chi connectivity index (χ0n) is 15.3. The van der Waals surface area contributed by atoms with Crippen LogP contribution in [-0.4, -0.2) is 62.0 Å². The van der Waals surface area contributed by atoms with Gasteiger partial charge in [0.25, 0.3) is 0 Å². The maximum atomic E-state index is 12.3. The lowest BCUT2D eigenvalue weighted by atomic mass is 10.1. The summed E-state index contributed by atoms with van der Waals surface area (Å²) in [7, 11) is 0. The maximum Gasteiger partial charge on any atom is 0.311 e. The van der Waals surface area contributed by atoms with Crippen LogP contribution in [0.2, 0.25) is 0 Å². The molecule has 2 heterocycles. The van der Waals surface area contributed by atoms with E-state index in [1.165, 1.54) is 0 Å². The van der Waals surface area contributed by atoms with E-state index in [-0.39, 0.29) is 30.1 Å². The second-order valence-corrected chi connectivity index (χ2v) is 6.67. The van der Waals surface area contributed by atoms with Crippen molar-refractivity contribution in [1.29, 1.82) is 0 Å². The van der Waals surface area contributed by atoms with Gasteiger partial charge in [-0.3, -0.25) is 14.4 Å². The molecule has 140 valence electrons. The molecule has 0 spiro atoms. The summed E-state index contributed by atoms with van der Waals surface area (Å²) in [4.78, 5) is 41.3. The molecule has 1 aromatic carbocycles. The minimum atomic E-state index is -0.387. The highest BCUT2D eigenvalue weighted by Gasteiger charge is 2.36. The molecule has 2 saturated heterocycles. The van der Waals surface area contributed by atoms with Gasteiger partial charge in [0, 0.05) is 57.4 Å². The molecule has 26 heavy (non-hydrogen) atoms.